The van der Waals surface area contributed by atoms with Crippen LogP contribution < -0.4 is 19.5 Å². The highest BCUT2D eigenvalue weighted by Crippen LogP contribution is 2.45. The minimum absolute atomic E-state index is 0.451. The Labute approximate surface area is 176 Å². The molecule has 2 aromatic rings. The van der Waals surface area contributed by atoms with Crippen LogP contribution in [-0.2, 0) is 21.3 Å². The zero-order valence-corrected chi connectivity index (χ0v) is 18.5. The molecule has 9 heteroatoms. The smallest absolute Gasteiger partial charge is 0.396 e. The molecule has 7 nitrogen and oxygen atoms in total. The Kier molecular flexibility index (Phi) is 7.65. The quantitative estimate of drug-likeness (QED) is 0.498. The van der Waals surface area contributed by atoms with Crippen LogP contribution in [0.1, 0.15) is 20.8 Å². The minimum atomic E-state index is -3.35. The number of hydrogen-bond donors (Lipinski definition) is 2. The van der Waals surface area contributed by atoms with Crippen LogP contribution in [0.2, 0.25) is 0 Å². The lowest BCUT2D eigenvalue weighted by Gasteiger charge is -2.30. The number of hydrogen-bond acceptors (Lipinski definition) is 6. The fourth-order valence-corrected chi connectivity index (χ4v) is 4.34. The predicted octanol–water partition coefficient (Wildman–Crippen LogP) is 4.26. The van der Waals surface area contributed by atoms with Gasteiger partial charge in [-0.15, -0.1) is 0 Å². The first kappa shape index (κ1) is 22.7. The van der Waals surface area contributed by atoms with Gasteiger partial charge in [0.1, 0.15) is 17.5 Å². The summed E-state index contributed by atoms with van der Waals surface area (Å²) in [7, 11) is 1.27. The highest BCUT2D eigenvalue weighted by molar-refractivity contribution is 8.09. The van der Waals surface area contributed by atoms with Crippen molar-refractivity contribution < 1.29 is 23.4 Å². The highest BCUT2D eigenvalue weighted by Gasteiger charge is 2.35. The van der Waals surface area contributed by atoms with Crippen LogP contribution in [-0.4, -0.2) is 25.2 Å². The lowest BCUT2D eigenvalue weighted by atomic mass is 9.87. The first-order chi connectivity index (χ1) is 13.6. The highest BCUT2D eigenvalue weighted by atomic mass is 32.5. The van der Waals surface area contributed by atoms with Crippen molar-refractivity contribution in [3.8, 4) is 11.5 Å². The number of nitrogens with one attached hydrogen (secondary N) is 2. The largest absolute Gasteiger partial charge is 0.467 e. The summed E-state index contributed by atoms with van der Waals surface area (Å²) in [4.78, 5) is 24.8. The van der Waals surface area contributed by atoms with Gasteiger partial charge in [-0.25, -0.2) is 14.7 Å². The average Bonchev–Trinajstić information content (AvgIpc) is 2.66. The third-order valence-corrected chi connectivity index (χ3v) is 5.85. The fourth-order valence-electron chi connectivity index (χ4n) is 2.34. The molecule has 1 unspecified atom stereocenters. The maximum atomic E-state index is 12.7. The molecule has 2 amide bonds. The molecule has 2 rings (SSSR count). The van der Waals surface area contributed by atoms with E-state index >= 15 is 0 Å². The van der Waals surface area contributed by atoms with E-state index in [4.69, 9.17) is 25.6 Å². The Hall–Kier alpha value is -2.57. The molecular formula is C20H25N2O5PS. The number of amides is 2. The Morgan fingerprint density at radius 1 is 0.931 bits per heavy atom. The number of esters is 1. The fraction of sp³-hybridized carbons (Fsp3) is 0.300. The van der Waals surface area contributed by atoms with E-state index in [-0.39, 0.29) is 0 Å². The van der Waals surface area contributed by atoms with Gasteiger partial charge in [0.05, 0.1) is 7.11 Å². The maximum Gasteiger partial charge on any atom is 0.396 e. The molecule has 0 spiro atoms. The molecule has 0 aliphatic heterocycles. The molecule has 0 saturated carbocycles. The van der Waals surface area contributed by atoms with Gasteiger partial charge in [0, 0.05) is 11.8 Å². The predicted molar refractivity (Wildman–Crippen MR) is 115 cm³/mol. The lowest BCUT2D eigenvalue weighted by Crippen LogP contribution is -2.52. The molecule has 0 aromatic heterocycles. The van der Waals surface area contributed by atoms with Crippen LogP contribution >= 0.6 is 6.64 Å². The van der Waals surface area contributed by atoms with E-state index in [1.807, 2.05) is 32.9 Å². The Morgan fingerprint density at radius 2 is 1.38 bits per heavy atom. The number of carbonyl (C=O) groups is 2. The standard InChI is InChI=1S/C20H25N2O5PS/c1-20(2,3)17(18(23)25-4)21-19(24)22-28(29,26-15-11-7-5-8-12-15)27-16-13-9-6-10-14-16/h5-14,17H,1-4H3,(H2,21,22,24,29). The number of para-hydroxylation sites is 2. The molecule has 0 aliphatic rings. The number of carbonyl (C=O) groups excluding carboxylic acids is 2. The summed E-state index contributed by atoms with van der Waals surface area (Å²) in [5, 5.41) is 5.21. The molecule has 0 heterocycles. The Bertz CT molecular complexity index is 826. The van der Waals surface area contributed by atoms with Crippen molar-refractivity contribution in [1.82, 2.24) is 10.4 Å². The van der Waals surface area contributed by atoms with Crippen molar-refractivity contribution in [2.45, 2.75) is 26.8 Å². The SMILES string of the molecule is COC(=O)C(NC(=O)NP(=S)(Oc1ccccc1)Oc1ccccc1)C(C)(C)C. The van der Waals surface area contributed by atoms with E-state index in [0.717, 1.165) is 0 Å². The molecule has 0 saturated heterocycles. The number of benzene rings is 2. The van der Waals surface area contributed by atoms with Gasteiger partial charge in [-0.05, 0) is 29.7 Å². The van der Waals surface area contributed by atoms with Crippen LogP contribution in [0.3, 0.4) is 0 Å². The summed E-state index contributed by atoms with van der Waals surface area (Å²) in [6, 6.07) is 16.1. The number of urea groups is 1. The molecule has 0 aliphatic carbocycles. The van der Waals surface area contributed by atoms with Gasteiger partial charge in [-0.1, -0.05) is 57.2 Å². The van der Waals surface area contributed by atoms with Crippen LogP contribution in [0.15, 0.2) is 60.7 Å². The van der Waals surface area contributed by atoms with Crippen LogP contribution in [0.4, 0.5) is 4.79 Å². The number of rotatable bonds is 7. The zero-order chi connectivity index (χ0) is 21.5. The van der Waals surface area contributed by atoms with Crippen molar-refractivity contribution in [2.75, 3.05) is 7.11 Å². The Morgan fingerprint density at radius 3 is 1.76 bits per heavy atom. The summed E-state index contributed by atoms with van der Waals surface area (Å²) in [5.41, 5.74) is -0.576. The van der Waals surface area contributed by atoms with Crippen molar-refractivity contribution >= 4 is 30.4 Å². The molecule has 29 heavy (non-hydrogen) atoms. The summed E-state index contributed by atoms with van der Waals surface area (Å²) < 4.78 is 16.5. The monoisotopic (exact) mass is 436 g/mol. The summed E-state index contributed by atoms with van der Waals surface area (Å²) in [5.74, 6) is 0.341. The van der Waals surface area contributed by atoms with E-state index < -0.39 is 30.1 Å². The van der Waals surface area contributed by atoms with Crippen molar-refractivity contribution in [3.63, 3.8) is 0 Å². The Balaban J connectivity index is 2.23. The molecule has 156 valence electrons. The summed E-state index contributed by atoms with van der Waals surface area (Å²) in [6.07, 6.45) is 0. The number of ether oxygens (including phenoxy) is 1. The van der Waals surface area contributed by atoms with Crippen molar-refractivity contribution in [3.05, 3.63) is 60.7 Å². The van der Waals surface area contributed by atoms with Crippen LogP contribution in [0.5, 0.6) is 11.5 Å². The summed E-state index contributed by atoms with van der Waals surface area (Å²) >= 11 is 5.56. The topological polar surface area (TPSA) is 85.9 Å². The maximum absolute atomic E-state index is 12.7. The van der Waals surface area contributed by atoms with E-state index in [1.165, 1.54) is 7.11 Å². The second kappa shape index (κ2) is 9.76. The summed E-state index contributed by atoms with van der Waals surface area (Å²) in [6.45, 7) is 2.09. The normalized spacial score (nSPS) is 12.4. The van der Waals surface area contributed by atoms with E-state index in [2.05, 4.69) is 10.4 Å². The zero-order valence-electron chi connectivity index (χ0n) is 16.7. The minimum Gasteiger partial charge on any atom is -0.467 e. The second-order valence-corrected chi connectivity index (χ2v) is 10.2. The number of methoxy groups -OCH3 is 1. The molecule has 0 radical (unpaired) electrons. The molecular weight excluding hydrogens is 411 g/mol. The van der Waals surface area contributed by atoms with Crippen molar-refractivity contribution in [1.29, 1.82) is 0 Å². The lowest BCUT2D eigenvalue weighted by molar-refractivity contribution is -0.145. The molecule has 2 aromatic carbocycles. The second-order valence-electron chi connectivity index (χ2n) is 7.21. The van der Waals surface area contributed by atoms with Crippen LogP contribution in [0, 0.1) is 5.41 Å². The van der Waals surface area contributed by atoms with Crippen LogP contribution in [0.25, 0.3) is 0 Å². The van der Waals surface area contributed by atoms with Gasteiger partial charge in [0.15, 0.2) is 0 Å². The van der Waals surface area contributed by atoms with E-state index in [9.17, 15) is 9.59 Å². The van der Waals surface area contributed by atoms with Gasteiger partial charge in [-0.3, -0.25) is 0 Å². The van der Waals surface area contributed by atoms with Crippen molar-refractivity contribution in [2.24, 2.45) is 5.41 Å². The van der Waals surface area contributed by atoms with Gasteiger partial charge in [0.25, 0.3) is 0 Å². The van der Waals surface area contributed by atoms with Gasteiger partial charge in [0.2, 0.25) is 0 Å². The van der Waals surface area contributed by atoms with Gasteiger partial charge >= 0.3 is 18.6 Å². The third kappa shape index (κ3) is 7.07. The molecule has 2 N–H and O–H groups in total. The van der Waals surface area contributed by atoms with Gasteiger partial charge in [-0.2, -0.15) is 0 Å². The van der Waals surface area contributed by atoms with E-state index in [1.54, 1.807) is 48.5 Å². The first-order valence-electron chi connectivity index (χ1n) is 8.89. The molecule has 0 bridgehead atoms. The average molecular weight is 436 g/mol. The third-order valence-electron chi connectivity index (χ3n) is 3.75. The first-order valence-corrected chi connectivity index (χ1v) is 11.5. The van der Waals surface area contributed by atoms with Gasteiger partial charge < -0.3 is 19.1 Å². The molecule has 0 fully saturated rings. The van der Waals surface area contributed by atoms with E-state index in [0.29, 0.717) is 11.5 Å². The molecule has 1 atom stereocenters.